The van der Waals surface area contributed by atoms with Gasteiger partial charge in [-0.2, -0.15) is 0 Å². The van der Waals surface area contributed by atoms with Crippen LogP contribution < -0.4 is 14.9 Å². The molecule has 1 aromatic carbocycles. The Bertz CT molecular complexity index is 719. The van der Waals surface area contributed by atoms with Crippen molar-refractivity contribution in [2.24, 2.45) is 5.92 Å². The summed E-state index contributed by atoms with van der Waals surface area (Å²) >= 11 is 0. The minimum Gasteiger partial charge on any atom is -0.335 e. The van der Waals surface area contributed by atoms with Gasteiger partial charge in [0, 0.05) is 12.6 Å². The number of hydrogen-bond acceptors (Lipinski definition) is 3. The maximum absolute atomic E-state index is 13.9. The molecule has 0 spiro atoms. The minimum absolute atomic E-state index is 0.0231. The molecule has 1 unspecified atom stereocenters. The average molecular weight is 341 g/mol. The van der Waals surface area contributed by atoms with E-state index in [2.05, 4.69) is 10.6 Å². The van der Waals surface area contributed by atoms with Crippen LogP contribution in [0.2, 0.25) is 0 Å². The predicted octanol–water partition coefficient (Wildman–Crippen LogP) is 2.29. The lowest BCUT2D eigenvalue weighted by Crippen LogP contribution is -2.37. The molecule has 2 N–H and O–H groups in total. The number of carbonyl (C=O) groups excluding carboxylic acids is 1. The normalized spacial score (nSPS) is 21.0. The summed E-state index contributed by atoms with van der Waals surface area (Å²) in [5.74, 6) is -0.0155. The number of benzene rings is 1. The maximum atomic E-state index is 13.9. The van der Waals surface area contributed by atoms with Gasteiger partial charge in [0.2, 0.25) is 10.0 Å². The van der Waals surface area contributed by atoms with E-state index in [4.69, 9.17) is 0 Å². The third kappa shape index (κ3) is 3.57. The number of nitrogens with zero attached hydrogens (tertiary/aromatic N) is 1. The van der Waals surface area contributed by atoms with Gasteiger partial charge in [-0.1, -0.05) is 0 Å². The summed E-state index contributed by atoms with van der Waals surface area (Å²) in [4.78, 5) is 11.9. The number of rotatable bonds is 4. The SMILES string of the molecule is CC(NC(=O)Nc1cc(N2CCCS2(=O)=O)ccc1F)C1CC1. The number of carbonyl (C=O) groups is 1. The van der Waals surface area contributed by atoms with E-state index < -0.39 is 21.9 Å². The zero-order valence-electron chi connectivity index (χ0n) is 12.9. The lowest BCUT2D eigenvalue weighted by atomic mass is 10.2. The van der Waals surface area contributed by atoms with Crippen molar-refractivity contribution in [2.45, 2.75) is 32.2 Å². The van der Waals surface area contributed by atoms with Crippen LogP contribution >= 0.6 is 0 Å². The molecule has 0 radical (unpaired) electrons. The summed E-state index contributed by atoms with van der Waals surface area (Å²) in [6.07, 6.45) is 2.73. The van der Waals surface area contributed by atoms with Gasteiger partial charge in [0.05, 0.1) is 17.1 Å². The first-order chi connectivity index (χ1) is 10.9. The molecule has 0 bridgehead atoms. The van der Waals surface area contributed by atoms with Crippen LogP contribution in [-0.2, 0) is 10.0 Å². The second-order valence-electron chi connectivity index (χ2n) is 6.13. The molecular weight excluding hydrogens is 321 g/mol. The van der Waals surface area contributed by atoms with Crippen LogP contribution in [0.15, 0.2) is 18.2 Å². The first-order valence-corrected chi connectivity index (χ1v) is 9.35. The van der Waals surface area contributed by atoms with Gasteiger partial charge in [-0.25, -0.2) is 17.6 Å². The van der Waals surface area contributed by atoms with E-state index in [1.165, 1.54) is 22.5 Å². The average Bonchev–Trinajstić information content (AvgIpc) is 3.25. The molecule has 2 aliphatic rings. The first-order valence-electron chi connectivity index (χ1n) is 7.74. The van der Waals surface area contributed by atoms with E-state index in [9.17, 15) is 17.6 Å². The predicted molar refractivity (Wildman–Crippen MR) is 86.5 cm³/mol. The lowest BCUT2D eigenvalue weighted by molar-refractivity contribution is 0.248. The summed E-state index contributed by atoms with van der Waals surface area (Å²) in [5.41, 5.74) is 0.347. The van der Waals surface area contributed by atoms with Crippen molar-refractivity contribution in [2.75, 3.05) is 21.9 Å². The van der Waals surface area contributed by atoms with E-state index in [0.717, 1.165) is 12.8 Å². The highest BCUT2D eigenvalue weighted by Gasteiger charge is 2.30. The van der Waals surface area contributed by atoms with Crippen LogP contribution in [-0.4, -0.2) is 32.8 Å². The summed E-state index contributed by atoms with van der Waals surface area (Å²) in [7, 11) is -3.34. The quantitative estimate of drug-likeness (QED) is 0.882. The summed E-state index contributed by atoms with van der Waals surface area (Å²) in [6, 6.07) is 3.50. The third-order valence-electron chi connectivity index (χ3n) is 4.27. The smallest absolute Gasteiger partial charge is 0.319 e. The van der Waals surface area contributed by atoms with Crippen molar-refractivity contribution in [3.05, 3.63) is 24.0 Å². The second-order valence-corrected chi connectivity index (χ2v) is 8.14. The van der Waals surface area contributed by atoms with E-state index in [1.54, 1.807) is 0 Å². The molecule has 1 saturated heterocycles. The number of sulfonamides is 1. The van der Waals surface area contributed by atoms with Crippen LogP contribution in [0, 0.1) is 11.7 Å². The van der Waals surface area contributed by atoms with Crippen molar-refractivity contribution < 1.29 is 17.6 Å². The van der Waals surface area contributed by atoms with Crippen molar-refractivity contribution in [3.8, 4) is 0 Å². The molecule has 1 atom stereocenters. The number of halogens is 1. The molecule has 23 heavy (non-hydrogen) atoms. The van der Waals surface area contributed by atoms with Gasteiger partial charge in [-0.3, -0.25) is 4.31 Å². The number of urea groups is 1. The highest BCUT2D eigenvalue weighted by Crippen LogP contribution is 2.32. The first kappa shape index (κ1) is 16.0. The number of anilines is 2. The van der Waals surface area contributed by atoms with Crippen molar-refractivity contribution in [1.29, 1.82) is 0 Å². The maximum Gasteiger partial charge on any atom is 0.319 e. The van der Waals surface area contributed by atoms with E-state index >= 15 is 0 Å². The van der Waals surface area contributed by atoms with Gasteiger partial charge in [0.1, 0.15) is 5.82 Å². The molecule has 0 aromatic heterocycles. The highest BCUT2D eigenvalue weighted by atomic mass is 32.2. The minimum atomic E-state index is -3.34. The van der Waals surface area contributed by atoms with Gasteiger partial charge >= 0.3 is 6.03 Å². The Morgan fingerprint density at radius 2 is 2.13 bits per heavy atom. The van der Waals surface area contributed by atoms with Crippen LogP contribution in [0.5, 0.6) is 0 Å². The molecule has 1 aliphatic heterocycles. The fourth-order valence-corrected chi connectivity index (χ4v) is 4.33. The molecule has 126 valence electrons. The molecule has 8 heteroatoms. The number of amides is 2. The molecule has 3 rings (SSSR count). The van der Waals surface area contributed by atoms with Crippen LogP contribution in [0.25, 0.3) is 0 Å². The van der Waals surface area contributed by atoms with E-state index in [1.807, 2.05) is 6.92 Å². The van der Waals surface area contributed by atoms with Crippen LogP contribution in [0.1, 0.15) is 26.2 Å². The molecule has 2 amide bonds. The Hall–Kier alpha value is -1.83. The monoisotopic (exact) mass is 341 g/mol. The molecule has 1 saturated carbocycles. The molecular formula is C15H20FN3O3S. The summed E-state index contributed by atoms with van der Waals surface area (Å²) in [6.45, 7) is 2.29. The summed E-state index contributed by atoms with van der Waals surface area (Å²) < 4.78 is 39.0. The van der Waals surface area contributed by atoms with Gasteiger partial charge in [0.15, 0.2) is 0 Å². The third-order valence-corrected chi connectivity index (χ3v) is 6.14. The van der Waals surface area contributed by atoms with E-state index in [0.29, 0.717) is 24.6 Å². The zero-order valence-corrected chi connectivity index (χ0v) is 13.7. The molecule has 1 aromatic rings. The van der Waals surface area contributed by atoms with Crippen LogP contribution in [0.3, 0.4) is 0 Å². The molecule has 2 fully saturated rings. The molecule has 1 heterocycles. The Morgan fingerprint density at radius 3 is 2.74 bits per heavy atom. The van der Waals surface area contributed by atoms with Gasteiger partial charge in [-0.05, 0) is 50.3 Å². The topological polar surface area (TPSA) is 78.5 Å². The Morgan fingerprint density at radius 1 is 1.39 bits per heavy atom. The Labute approximate surface area is 135 Å². The Balaban J connectivity index is 1.74. The number of hydrogen-bond donors (Lipinski definition) is 2. The van der Waals surface area contributed by atoms with E-state index in [-0.39, 0.29) is 17.5 Å². The Kier molecular flexibility index (Phi) is 4.18. The molecule has 1 aliphatic carbocycles. The van der Waals surface area contributed by atoms with Gasteiger partial charge < -0.3 is 10.6 Å². The highest BCUT2D eigenvalue weighted by molar-refractivity contribution is 7.93. The van der Waals surface area contributed by atoms with Crippen LogP contribution in [0.4, 0.5) is 20.6 Å². The standard InChI is InChI=1S/C15H20FN3O3S/c1-10(11-3-4-11)17-15(20)18-14-9-12(5-6-13(14)16)19-7-2-8-23(19,21)22/h5-6,9-11H,2-4,7-8H2,1H3,(H2,17,18,20). The largest absolute Gasteiger partial charge is 0.335 e. The zero-order chi connectivity index (χ0) is 16.6. The molecule has 6 nitrogen and oxygen atoms in total. The van der Waals surface area contributed by atoms with Gasteiger partial charge in [0.25, 0.3) is 0 Å². The summed E-state index contributed by atoms with van der Waals surface area (Å²) in [5, 5.41) is 5.24. The second kappa shape index (κ2) is 5.99. The fraction of sp³-hybridized carbons (Fsp3) is 0.533. The number of nitrogens with one attached hydrogen (secondary N) is 2. The fourth-order valence-electron chi connectivity index (χ4n) is 2.77. The van der Waals surface area contributed by atoms with Crippen molar-refractivity contribution in [3.63, 3.8) is 0 Å². The van der Waals surface area contributed by atoms with Gasteiger partial charge in [-0.15, -0.1) is 0 Å². The van der Waals surface area contributed by atoms with Crippen molar-refractivity contribution >= 4 is 27.4 Å². The van der Waals surface area contributed by atoms with Crippen molar-refractivity contribution in [1.82, 2.24) is 5.32 Å². The lowest BCUT2D eigenvalue weighted by Gasteiger charge is -2.19.